The molecule has 0 fully saturated rings. The summed E-state index contributed by atoms with van der Waals surface area (Å²) in [4.78, 5) is 0. The molecule has 0 amide bonds. The molecule has 1 atom stereocenters. The van der Waals surface area contributed by atoms with E-state index in [2.05, 4.69) is 70.8 Å². The molecular formula is C12H17Br2Mg. The van der Waals surface area contributed by atoms with Crippen LogP contribution in [0.1, 0.15) is 31.7 Å². The summed E-state index contributed by atoms with van der Waals surface area (Å²) in [6.07, 6.45) is 1.17. The monoisotopic (exact) mass is 343 g/mol. The molecule has 0 N–H and O–H groups in total. The molecule has 0 aromatic heterocycles. The van der Waals surface area contributed by atoms with Gasteiger partial charge in [-0.25, -0.2) is 0 Å². The standard InChI is InChI=1S/C12H17.2BrH.Mg/c1-10(2)9-11(3)12-7-5-4-6-8-12;;;/h4-8,10-11H,3,9H2,1-2H3;2*1H;/q;;;+2/p-2. The fourth-order valence-electron chi connectivity index (χ4n) is 1.43. The molecule has 0 saturated carbocycles. The lowest BCUT2D eigenvalue weighted by atomic mass is 9.92. The lowest BCUT2D eigenvalue weighted by Crippen LogP contribution is -1.98. The quantitative estimate of drug-likeness (QED) is 0.679. The molecule has 1 rings (SSSR count). The van der Waals surface area contributed by atoms with Gasteiger partial charge in [0.1, 0.15) is 0 Å². The van der Waals surface area contributed by atoms with Gasteiger partial charge in [-0.05, 0) is 30.7 Å². The largest absolute Gasteiger partial charge is 0.560 e. The van der Waals surface area contributed by atoms with Crippen molar-refractivity contribution in [2.75, 3.05) is 0 Å². The van der Waals surface area contributed by atoms with Crippen molar-refractivity contribution in [1.82, 2.24) is 0 Å². The van der Waals surface area contributed by atoms with Crippen molar-refractivity contribution < 1.29 is 0 Å². The average molecular weight is 345 g/mol. The van der Waals surface area contributed by atoms with E-state index in [0.29, 0.717) is 5.92 Å². The van der Waals surface area contributed by atoms with E-state index >= 15 is 0 Å². The molecule has 0 nitrogen and oxygen atoms in total. The van der Waals surface area contributed by atoms with Gasteiger partial charge < -0.3 is 0 Å². The molecule has 0 aliphatic carbocycles. The number of rotatable bonds is 3. The summed E-state index contributed by atoms with van der Waals surface area (Å²) >= 11 is 6.44. The maximum atomic E-state index is 4.15. The third-order valence-electron chi connectivity index (χ3n) is 2.03. The number of halogens is 2. The summed E-state index contributed by atoms with van der Waals surface area (Å²) in [5, 5.41) is 0. The van der Waals surface area contributed by atoms with Crippen molar-refractivity contribution in [3.63, 3.8) is 0 Å². The molecule has 0 heterocycles. The van der Waals surface area contributed by atoms with E-state index in [9.17, 15) is 0 Å². The summed E-state index contributed by atoms with van der Waals surface area (Å²) in [6, 6.07) is 10.5. The Labute approximate surface area is 116 Å². The zero-order valence-electron chi connectivity index (χ0n) is 9.42. The van der Waals surface area contributed by atoms with E-state index in [0.717, 1.165) is 5.92 Å². The van der Waals surface area contributed by atoms with Gasteiger partial charge in [0.05, 0.1) is 0 Å². The Morgan fingerprint density at radius 2 is 1.67 bits per heavy atom. The highest BCUT2D eigenvalue weighted by atomic mass is 79.9. The van der Waals surface area contributed by atoms with Gasteiger partial charge >= 0.3 is 16.0 Å². The van der Waals surface area contributed by atoms with E-state index in [-0.39, 0.29) is 16.0 Å². The highest BCUT2D eigenvalue weighted by Crippen LogP contribution is 2.21. The van der Waals surface area contributed by atoms with Gasteiger partial charge in [0, 0.05) is 0 Å². The fourth-order valence-corrected chi connectivity index (χ4v) is 1.43. The van der Waals surface area contributed by atoms with Crippen LogP contribution in [0.15, 0.2) is 30.3 Å². The minimum atomic E-state index is 0.0417. The minimum absolute atomic E-state index is 0.0417. The van der Waals surface area contributed by atoms with Crippen LogP contribution in [0.25, 0.3) is 0 Å². The van der Waals surface area contributed by atoms with Crippen LogP contribution in [0.2, 0.25) is 0 Å². The highest BCUT2D eigenvalue weighted by Gasteiger charge is 2.06. The lowest BCUT2D eigenvalue weighted by molar-refractivity contribution is 0.548. The topological polar surface area (TPSA) is 0 Å². The molecule has 15 heavy (non-hydrogen) atoms. The molecule has 0 aliphatic heterocycles. The second kappa shape index (κ2) is 10.1. The molecule has 81 valence electrons. The SMILES string of the molecule is [Br][Mg][Br].[CH2]C(CC(C)C)c1ccccc1. The molecule has 1 unspecified atom stereocenters. The second-order valence-electron chi connectivity index (χ2n) is 3.84. The van der Waals surface area contributed by atoms with Crippen LogP contribution in [0.3, 0.4) is 0 Å². The van der Waals surface area contributed by atoms with Crippen molar-refractivity contribution in [2.24, 2.45) is 5.92 Å². The highest BCUT2D eigenvalue weighted by molar-refractivity contribution is 9.47. The molecule has 0 aliphatic rings. The molecule has 0 saturated heterocycles. The van der Waals surface area contributed by atoms with E-state index in [1.165, 1.54) is 12.0 Å². The molecule has 1 aromatic rings. The van der Waals surface area contributed by atoms with Crippen LogP contribution in [0.5, 0.6) is 0 Å². The second-order valence-corrected chi connectivity index (χ2v) is 11.9. The van der Waals surface area contributed by atoms with E-state index < -0.39 is 0 Å². The maximum Gasteiger partial charge on any atom is 0.560 e. The van der Waals surface area contributed by atoms with E-state index in [1.54, 1.807) is 0 Å². The van der Waals surface area contributed by atoms with Crippen molar-refractivity contribution in [2.45, 2.75) is 26.2 Å². The first-order valence-corrected chi connectivity index (χ1v) is 12.9. The molecule has 0 spiro atoms. The summed E-state index contributed by atoms with van der Waals surface area (Å²) in [6.45, 7) is 8.62. The smallest absolute Gasteiger partial charge is 0.280 e. The summed E-state index contributed by atoms with van der Waals surface area (Å²) < 4.78 is 0. The first-order chi connectivity index (χ1) is 7.11. The minimum Gasteiger partial charge on any atom is -0.280 e. The predicted molar refractivity (Wildman–Crippen MR) is 77.6 cm³/mol. The van der Waals surface area contributed by atoms with Gasteiger partial charge in [-0.2, -0.15) is 0 Å². The van der Waals surface area contributed by atoms with Gasteiger partial charge in [0.2, 0.25) is 0 Å². The van der Waals surface area contributed by atoms with Crippen LogP contribution >= 0.6 is 25.8 Å². The third kappa shape index (κ3) is 8.72. The van der Waals surface area contributed by atoms with Crippen LogP contribution in [-0.2, 0) is 0 Å². The molecular weight excluding hydrogens is 328 g/mol. The van der Waals surface area contributed by atoms with Gasteiger partial charge in [0.25, 0.3) is 0 Å². The first kappa shape index (κ1) is 15.9. The average Bonchev–Trinajstić information content (AvgIpc) is 2.19. The van der Waals surface area contributed by atoms with Crippen molar-refractivity contribution in [3.8, 4) is 0 Å². The number of benzene rings is 1. The summed E-state index contributed by atoms with van der Waals surface area (Å²) in [5.41, 5.74) is 1.35. The van der Waals surface area contributed by atoms with Crippen molar-refractivity contribution >= 4 is 41.8 Å². The molecule has 1 aromatic carbocycles. The normalized spacial score (nSPS) is 11.3. The first-order valence-electron chi connectivity index (χ1n) is 5.11. The third-order valence-corrected chi connectivity index (χ3v) is 2.03. The van der Waals surface area contributed by atoms with Crippen LogP contribution in [0, 0.1) is 12.8 Å². The Balaban J connectivity index is 0.000000583. The zero-order chi connectivity index (χ0) is 11.7. The Kier molecular flexibility index (Phi) is 10.8. The Hall–Kier alpha value is 0.946. The lowest BCUT2D eigenvalue weighted by Gasteiger charge is -2.13. The zero-order valence-corrected chi connectivity index (χ0v) is 14.0. The summed E-state index contributed by atoms with van der Waals surface area (Å²) in [5.74, 6) is 1.18. The molecule has 3 heteroatoms. The van der Waals surface area contributed by atoms with Crippen molar-refractivity contribution in [3.05, 3.63) is 42.8 Å². The van der Waals surface area contributed by atoms with Crippen LogP contribution < -0.4 is 0 Å². The maximum absolute atomic E-state index is 4.15. The van der Waals surface area contributed by atoms with Gasteiger partial charge in [-0.3, -0.25) is 25.8 Å². The Bertz CT molecular complexity index is 237. The fraction of sp³-hybridized carbons (Fsp3) is 0.417. The van der Waals surface area contributed by atoms with Crippen molar-refractivity contribution in [1.29, 1.82) is 0 Å². The Morgan fingerprint density at radius 3 is 2.07 bits per heavy atom. The number of hydrogen-bond donors (Lipinski definition) is 0. The number of hydrogen-bond acceptors (Lipinski definition) is 0. The van der Waals surface area contributed by atoms with Gasteiger partial charge in [0.15, 0.2) is 0 Å². The molecule has 1 radical (unpaired) electrons. The van der Waals surface area contributed by atoms with E-state index in [1.807, 2.05) is 6.07 Å². The predicted octanol–water partition coefficient (Wildman–Crippen LogP) is 4.96. The van der Waals surface area contributed by atoms with Gasteiger partial charge in [-0.1, -0.05) is 44.2 Å². The van der Waals surface area contributed by atoms with Gasteiger partial charge in [-0.15, -0.1) is 0 Å². The molecule has 0 bridgehead atoms. The Morgan fingerprint density at radius 1 is 1.20 bits per heavy atom. The summed E-state index contributed by atoms with van der Waals surface area (Å²) in [7, 11) is 0. The van der Waals surface area contributed by atoms with Crippen LogP contribution in [-0.4, -0.2) is 16.0 Å². The van der Waals surface area contributed by atoms with E-state index in [4.69, 9.17) is 0 Å². The van der Waals surface area contributed by atoms with Crippen LogP contribution in [0.4, 0.5) is 0 Å².